The smallest absolute Gasteiger partial charge is 0.138 e. The van der Waals surface area contributed by atoms with Crippen molar-refractivity contribution in [3.63, 3.8) is 0 Å². The van der Waals surface area contributed by atoms with Crippen LogP contribution in [0.2, 0.25) is 0 Å². The molecule has 1 fully saturated rings. The number of likely N-dealkylation sites (tertiary alicyclic amines) is 1. The monoisotopic (exact) mass is 220 g/mol. The summed E-state index contributed by atoms with van der Waals surface area (Å²) in [7, 11) is 2.17. The second-order valence-electron chi connectivity index (χ2n) is 4.80. The van der Waals surface area contributed by atoms with Crippen molar-refractivity contribution in [2.45, 2.75) is 19.3 Å². The third-order valence-corrected chi connectivity index (χ3v) is 3.52. The van der Waals surface area contributed by atoms with E-state index < -0.39 is 0 Å². The van der Waals surface area contributed by atoms with Gasteiger partial charge in [-0.25, -0.2) is 0 Å². The minimum atomic E-state index is 0.213. The Morgan fingerprint density at radius 3 is 2.75 bits per heavy atom. The summed E-state index contributed by atoms with van der Waals surface area (Å²) < 4.78 is 0. The minimum absolute atomic E-state index is 0.213. The van der Waals surface area contributed by atoms with Crippen molar-refractivity contribution < 1.29 is 5.11 Å². The van der Waals surface area contributed by atoms with Crippen molar-refractivity contribution in [1.29, 1.82) is 0 Å². The van der Waals surface area contributed by atoms with Gasteiger partial charge in [0.1, 0.15) is 5.75 Å². The largest absolute Gasteiger partial charge is 0.506 e. The van der Waals surface area contributed by atoms with Gasteiger partial charge in [0, 0.05) is 0 Å². The Bertz CT molecular complexity index is 357. The van der Waals surface area contributed by atoms with E-state index in [0.29, 0.717) is 11.6 Å². The second kappa shape index (κ2) is 4.74. The Hall–Kier alpha value is -1.22. The van der Waals surface area contributed by atoms with Gasteiger partial charge in [-0.05, 0) is 56.9 Å². The second-order valence-corrected chi connectivity index (χ2v) is 4.80. The number of piperidine rings is 1. The molecule has 1 aromatic rings. The molecule has 1 aliphatic rings. The first-order valence-corrected chi connectivity index (χ1v) is 5.91. The van der Waals surface area contributed by atoms with Crippen molar-refractivity contribution in [3.05, 3.63) is 23.8 Å². The maximum Gasteiger partial charge on any atom is 0.138 e. The van der Waals surface area contributed by atoms with Crippen molar-refractivity contribution in [3.8, 4) is 5.75 Å². The summed E-state index contributed by atoms with van der Waals surface area (Å²) in [6, 6.07) is 5.54. The molecule has 0 atom stereocenters. The van der Waals surface area contributed by atoms with Gasteiger partial charge in [0.25, 0.3) is 0 Å². The summed E-state index contributed by atoms with van der Waals surface area (Å²) in [5.74, 6) is 0.922. The van der Waals surface area contributed by atoms with Crippen molar-refractivity contribution in [2.24, 2.45) is 5.92 Å². The van der Waals surface area contributed by atoms with E-state index in [4.69, 9.17) is 5.73 Å². The molecule has 2 rings (SSSR count). The van der Waals surface area contributed by atoms with Gasteiger partial charge >= 0.3 is 0 Å². The normalized spacial score (nSPS) is 18.8. The lowest BCUT2D eigenvalue weighted by Crippen LogP contribution is -2.31. The van der Waals surface area contributed by atoms with Crippen LogP contribution in [0.3, 0.4) is 0 Å². The lowest BCUT2D eigenvalue weighted by molar-refractivity contribution is 0.219. The Kier molecular flexibility index (Phi) is 3.34. The van der Waals surface area contributed by atoms with Crippen LogP contribution in [0.15, 0.2) is 18.2 Å². The number of nitrogens with two attached hydrogens (primary N) is 1. The average Bonchev–Trinajstić information content (AvgIpc) is 2.28. The highest BCUT2D eigenvalue weighted by molar-refractivity contribution is 5.57. The summed E-state index contributed by atoms with van der Waals surface area (Å²) in [6.07, 6.45) is 3.45. The molecular weight excluding hydrogens is 200 g/mol. The number of hydrogen-bond acceptors (Lipinski definition) is 3. The number of nitrogen functional groups attached to an aromatic ring is 1. The molecule has 3 heteroatoms. The predicted octanol–water partition coefficient (Wildman–Crippen LogP) is 1.86. The molecule has 16 heavy (non-hydrogen) atoms. The molecule has 3 N–H and O–H groups in total. The molecule has 3 nitrogen and oxygen atoms in total. The summed E-state index contributed by atoms with van der Waals surface area (Å²) in [5.41, 5.74) is 7.52. The number of rotatable bonds is 2. The molecule has 1 saturated heterocycles. The third-order valence-electron chi connectivity index (χ3n) is 3.52. The van der Waals surface area contributed by atoms with Gasteiger partial charge in [-0.3, -0.25) is 0 Å². The molecule has 0 radical (unpaired) electrons. The van der Waals surface area contributed by atoms with Crippen LogP contribution < -0.4 is 5.73 Å². The highest BCUT2D eigenvalue weighted by Crippen LogP contribution is 2.28. The van der Waals surface area contributed by atoms with E-state index >= 15 is 0 Å². The molecule has 0 spiro atoms. The van der Waals surface area contributed by atoms with Crippen LogP contribution in [0.5, 0.6) is 5.75 Å². The average molecular weight is 220 g/mol. The number of phenols is 1. The van der Waals surface area contributed by atoms with Crippen LogP contribution in [0.25, 0.3) is 0 Å². The Balaban J connectivity index is 2.01. The Morgan fingerprint density at radius 1 is 1.38 bits per heavy atom. The number of aromatic hydroxyl groups is 1. The number of nitrogens with zero attached hydrogens (tertiary/aromatic N) is 1. The van der Waals surface area contributed by atoms with Gasteiger partial charge in [0.05, 0.1) is 5.69 Å². The van der Waals surface area contributed by atoms with E-state index in [2.05, 4.69) is 11.9 Å². The molecule has 0 saturated carbocycles. The van der Waals surface area contributed by atoms with Crippen LogP contribution >= 0.6 is 0 Å². The lowest BCUT2D eigenvalue weighted by atomic mass is 9.89. The van der Waals surface area contributed by atoms with E-state index in [1.807, 2.05) is 12.1 Å². The Morgan fingerprint density at radius 2 is 2.06 bits per heavy atom. The number of benzene rings is 1. The van der Waals surface area contributed by atoms with Gasteiger partial charge in [0.15, 0.2) is 0 Å². The number of hydrogen-bond donors (Lipinski definition) is 2. The molecule has 1 aliphatic heterocycles. The van der Waals surface area contributed by atoms with Gasteiger partial charge in [-0.2, -0.15) is 0 Å². The highest BCUT2D eigenvalue weighted by atomic mass is 16.3. The summed E-state index contributed by atoms with van der Waals surface area (Å²) in [5, 5.41) is 9.54. The van der Waals surface area contributed by atoms with Crippen LogP contribution in [-0.4, -0.2) is 30.1 Å². The maximum atomic E-state index is 9.54. The molecule has 1 aromatic carbocycles. The van der Waals surface area contributed by atoms with Crippen molar-refractivity contribution in [1.82, 2.24) is 4.90 Å². The fourth-order valence-electron chi connectivity index (χ4n) is 2.35. The zero-order valence-corrected chi connectivity index (χ0v) is 9.82. The van der Waals surface area contributed by atoms with Crippen molar-refractivity contribution in [2.75, 3.05) is 25.9 Å². The SMILES string of the molecule is CN1CCC(Cc2cccc(O)c2N)CC1. The van der Waals surface area contributed by atoms with Gasteiger partial charge < -0.3 is 15.7 Å². The highest BCUT2D eigenvalue weighted by Gasteiger charge is 2.18. The first kappa shape index (κ1) is 11.3. The van der Waals surface area contributed by atoms with Crippen LogP contribution in [0.1, 0.15) is 18.4 Å². The van der Waals surface area contributed by atoms with Crippen LogP contribution in [-0.2, 0) is 6.42 Å². The zero-order valence-electron chi connectivity index (χ0n) is 9.82. The van der Waals surface area contributed by atoms with Gasteiger partial charge in [-0.1, -0.05) is 12.1 Å². The van der Waals surface area contributed by atoms with Gasteiger partial charge in [-0.15, -0.1) is 0 Å². The summed E-state index contributed by atoms with van der Waals surface area (Å²) in [4.78, 5) is 2.36. The molecule has 0 unspecified atom stereocenters. The molecule has 1 heterocycles. The maximum absolute atomic E-state index is 9.54. The number of anilines is 1. The van der Waals surface area contributed by atoms with E-state index in [1.54, 1.807) is 6.07 Å². The van der Waals surface area contributed by atoms with E-state index in [0.717, 1.165) is 12.0 Å². The van der Waals surface area contributed by atoms with E-state index in [9.17, 15) is 5.11 Å². The number of phenolic OH excluding ortho intramolecular Hbond substituents is 1. The number of para-hydroxylation sites is 1. The molecule has 0 bridgehead atoms. The molecular formula is C13H20N2O. The fraction of sp³-hybridized carbons (Fsp3) is 0.538. The predicted molar refractivity (Wildman–Crippen MR) is 66.4 cm³/mol. The van der Waals surface area contributed by atoms with E-state index in [-0.39, 0.29) is 5.75 Å². The zero-order chi connectivity index (χ0) is 11.5. The van der Waals surface area contributed by atoms with Crippen molar-refractivity contribution >= 4 is 5.69 Å². The van der Waals surface area contributed by atoms with E-state index in [1.165, 1.54) is 25.9 Å². The summed E-state index contributed by atoms with van der Waals surface area (Å²) in [6.45, 7) is 2.34. The minimum Gasteiger partial charge on any atom is -0.506 e. The van der Waals surface area contributed by atoms with Crippen LogP contribution in [0.4, 0.5) is 5.69 Å². The van der Waals surface area contributed by atoms with Gasteiger partial charge in [0.2, 0.25) is 0 Å². The fourth-order valence-corrected chi connectivity index (χ4v) is 2.35. The van der Waals surface area contributed by atoms with Crippen LogP contribution in [0, 0.1) is 5.92 Å². The standard InChI is InChI=1S/C13H20N2O/c1-15-7-5-10(6-8-15)9-11-3-2-4-12(16)13(11)14/h2-4,10,16H,5-9,14H2,1H3. The quantitative estimate of drug-likeness (QED) is 0.591. The first-order valence-electron chi connectivity index (χ1n) is 5.91. The first-order chi connectivity index (χ1) is 7.66. The molecule has 0 amide bonds. The molecule has 88 valence electrons. The topological polar surface area (TPSA) is 49.5 Å². The Labute approximate surface area is 96.9 Å². The summed E-state index contributed by atoms with van der Waals surface area (Å²) >= 11 is 0. The molecule has 0 aliphatic carbocycles. The third kappa shape index (κ3) is 2.47. The lowest BCUT2D eigenvalue weighted by Gasteiger charge is -2.29. The molecule has 0 aromatic heterocycles.